The van der Waals surface area contributed by atoms with Crippen molar-refractivity contribution in [2.45, 2.75) is 57.5 Å². The molecule has 2 aliphatic carbocycles. The van der Waals surface area contributed by atoms with Crippen molar-refractivity contribution in [2.24, 2.45) is 5.73 Å². The van der Waals surface area contributed by atoms with E-state index < -0.39 is 0 Å². The number of nitrogens with two attached hydrogens (primary N) is 1. The molecule has 92 valence electrons. The van der Waals surface area contributed by atoms with E-state index in [9.17, 15) is 4.79 Å². The summed E-state index contributed by atoms with van der Waals surface area (Å²) >= 11 is 0. The summed E-state index contributed by atoms with van der Waals surface area (Å²) < 4.78 is 2.06. The largest absolute Gasteiger partial charge is 0.324 e. The molecule has 3 heteroatoms. The van der Waals surface area contributed by atoms with E-state index in [0.29, 0.717) is 6.04 Å². The second-order valence-corrected chi connectivity index (χ2v) is 5.47. The van der Waals surface area contributed by atoms with E-state index in [0.717, 1.165) is 31.2 Å². The Morgan fingerprint density at radius 3 is 2.71 bits per heavy atom. The zero-order chi connectivity index (χ0) is 12.0. The molecule has 0 spiro atoms. The molecule has 3 nitrogen and oxygen atoms in total. The Kier molecular flexibility index (Phi) is 2.58. The standard InChI is InChI=1S/C14H20N2O/c1-9(15)12-8-10-4-2-3-5-13(10)16(14(12)17)11-6-7-11/h8-9,11H,2-7,15H2,1H3. The van der Waals surface area contributed by atoms with Crippen molar-refractivity contribution in [3.05, 3.63) is 33.2 Å². The van der Waals surface area contributed by atoms with Gasteiger partial charge in [-0.1, -0.05) is 0 Å². The minimum absolute atomic E-state index is 0.153. The van der Waals surface area contributed by atoms with E-state index in [4.69, 9.17) is 5.73 Å². The molecule has 1 fully saturated rings. The molecular formula is C14H20N2O. The highest BCUT2D eigenvalue weighted by atomic mass is 16.1. The average Bonchev–Trinajstić information content (AvgIpc) is 3.12. The topological polar surface area (TPSA) is 48.0 Å². The van der Waals surface area contributed by atoms with Crippen LogP contribution in [-0.2, 0) is 12.8 Å². The predicted octanol–water partition coefficient (Wildman–Crippen LogP) is 2.08. The zero-order valence-corrected chi connectivity index (χ0v) is 10.4. The molecule has 1 atom stereocenters. The molecule has 1 saturated carbocycles. The van der Waals surface area contributed by atoms with E-state index in [1.165, 1.54) is 24.1 Å². The normalized spacial score (nSPS) is 21.1. The Morgan fingerprint density at radius 2 is 2.06 bits per heavy atom. The number of rotatable bonds is 2. The second kappa shape index (κ2) is 3.98. The first-order chi connectivity index (χ1) is 8.18. The van der Waals surface area contributed by atoms with Crippen molar-refractivity contribution in [3.63, 3.8) is 0 Å². The van der Waals surface area contributed by atoms with Crippen LogP contribution in [0.25, 0.3) is 0 Å². The van der Waals surface area contributed by atoms with Crippen molar-refractivity contribution in [1.29, 1.82) is 0 Å². The van der Waals surface area contributed by atoms with E-state index in [1.54, 1.807) is 0 Å². The fourth-order valence-corrected chi connectivity index (χ4v) is 2.90. The van der Waals surface area contributed by atoms with Crippen LogP contribution in [0, 0.1) is 0 Å². The molecule has 1 heterocycles. The van der Waals surface area contributed by atoms with Crippen LogP contribution in [0.3, 0.4) is 0 Å². The molecule has 0 saturated heterocycles. The minimum atomic E-state index is -0.153. The van der Waals surface area contributed by atoms with Gasteiger partial charge in [0.25, 0.3) is 5.56 Å². The minimum Gasteiger partial charge on any atom is -0.324 e. The first-order valence-corrected chi connectivity index (χ1v) is 6.71. The molecule has 0 aliphatic heterocycles. The van der Waals surface area contributed by atoms with Crippen LogP contribution >= 0.6 is 0 Å². The van der Waals surface area contributed by atoms with Crippen LogP contribution in [0.15, 0.2) is 10.9 Å². The maximum Gasteiger partial charge on any atom is 0.255 e. The van der Waals surface area contributed by atoms with Crippen LogP contribution in [0.5, 0.6) is 0 Å². The van der Waals surface area contributed by atoms with E-state index >= 15 is 0 Å². The maximum absolute atomic E-state index is 12.4. The first kappa shape index (κ1) is 11.0. The summed E-state index contributed by atoms with van der Waals surface area (Å²) in [6.07, 6.45) is 6.97. The summed E-state index contributed by atoms with van der Waals surface area (Å²) in [6, 6.07) is 2.38. The molecule has 2 aliphatic rings. The number of aromatic nitrogens is 1. The molecule has 17 heavy (non-hydrogen) atoms. The van der Waals surface area contributed by atoms with Crippen LogP contribution < -0.4 is 11.3 Å². The van der Waals surface area contributed by atoms with Gasteiger partial charge in [0.15, 0.2) is 0 Å². The smallest absolute Gasteiger partial charge is 0.255 e. The maximum atomic E-state index is 12.4. The van der Waals surface area contributed by atoms with Gasteiger partial charge in [0.2, 0.25) is 0 Å². The van der Waals surface area contributed by atoms with Gasteiger partial charge >= 0.3 is 0 Å². The third-order valence-electron chi connectivity index (χ3n) is 3.97. The van der Waals surface area contributed by atoms with Crippen LogP contribution in [0.2, 0.25) is 0 Å². The molecule has 0 aromatic carbocycles. The Morgan fingerprint density at radius 1 is 1.35 bits per heavy atom. The Hall–Kier alpha value is -1.09. The molecule has 1 aromatic heterocycles. The SMILES string of the molecule is CC(N)c1cc2c(n(C3CC3)c1=O)CCCC2. The average molecular weight is 232 g/mol. The monoisotopic (exact) mass is 232 g/mol. The van der Waals surface area contributed by atoms with Gasteiger partial charge in [-0.2, -0.15) is 0 Å². The molecule has 0 amide bonds. The van der Waals surface area contributed by atoms with Gasteiger partial charge in [-0.25, -0.2) is 0 Å². The van der Waals surface area contributed by atoms with Crippen molar-refractivity contribution in [3.8, 4) is 0 Å². The molecular weight excluding hydrogens is 212 g/mol. The molecule has 1 unspecified atom stereocenters. The predicted molar refractivity (Wildman–Crippen MR) is 68.2 cm³/mol. The lowest BCUT2D eigenvalue weighted by Gasteiger charge is -2.23. The van der Waals surface area contributed by atoms with Gasteiger partial charge in [-0.15, -0.1) is 0 Å². The summed E-state index contributed by atoms with van der Waals surface area (Å²) in [4.78, 5) is 12.4. The van der Waals surface area contributed by atoms with Crippen LogP contribution in [0.1, 0.15) is 61.5 Å². The summed E-state index contributed by atoms with van der Waals surface area (Å²) in [6.45, 7) is 1.91. The molecule has 2 N–H and O–H groups in total. The summed E-state index contributed by atoms with van der Waals surface area (Å²) in [7, 11) is 0. The van der Waals surface area contributed by atoms with E-state index in [2.05, 4.69) is 10.6 Å². The molecule has 0 bridgehead atoms. The highest BCUT2D eigenvalue weighted by Gasteiger charge is 2.30. The van der Waals surface area contributed by atoms with Gasteiger partial charge in [0.05, 0.1) is 0 Å². The van der Waals surface area contributed by atoms with Gasteiger partial charge < -0.3 is 10.3 Å². The van der Waals surface area contributed by atoms with Crippen LogP contribution in [0.4, 0.5) is 0 Å². The van der Waals surface area contributed by atoms with Gasteiger partial charge in [0.1, 0.15) is 0 Å². The Balaban J connectivity index is 2.22. The number of hydrogen-bond acceptors (Lipinski definition) is 2. The summed E-state index contributed by atoms with van der Waals surface area (Å²) in [5.41, 5.74) is 9.57. The second-order valence-electron chi connectivity index (χ2n) is 5.47. The fraction of sp³-hybridized carbons (Fsp3) is 0.643. The van der Waals surface area contributed by atoms with Crippen molar-refractivity contribution < 1.29 is 0 Å². The third kappa shape index (κ3) is 1.82. The Labute approximate surface area is 102 Å². The third-order valence-corrected chi connectivity index (χ3v) is 3.97. The lowest BCUT2D eigenvalue weighted by Crippen LogP contribution is -2.31. The first-order valence-electron chi connectivity index (χ1n) is 6.71. The lowest BCUT2D eigenvalue weighted by molar-refractivity contribution is 0.572. The summed E-state index contributed by atoms with van der Waals surface area (Å²) in [5.74, 6) is 0. The molecule has 3 rings (SSSR count). The van der Waals surface area contributed by atoms with Crippen molar-refractivity contribution >= 4 is 0 Å². The van der Waals surface area contributed by atoms with Crippen molar-refractivity contribution in [2.75, 3.05) is 0 Å². The quantitative estimate of drug-likeness (QED) is 0.848. The highest BCUT2D eigenvalue weighted by Crippen LogP contribution is 2.37. The molecule has 1 aromatic rings. The number of pyridine rings is 1. The van der Waals surface area contributed by atoms with Crippen molar-refractivity contribution in [1.82, 2.24) is 4.57 Å². The van der Waals surface area contributed by atoms with E-state index in [1.807, 2.05) is 6.92 Å². The molecule has 0 radical (unpaired) electrons. The van der Waals surface area contributed by atoms with Gasteiger partial charge in [0, 0.05) is 23.3 Å². The number of hydrogen-bond donors (Lipinski definition) is 1. The zero-order valence-electron chi connectivity index (χ0n) is 10.4. The van der Waals surface area contributed by atoms with Crippen LogP contribution in [-0.4, -0.2) is 4.57 Å². The highest BCUT2D eigenvalue weighted by molar-refractivity contribution is 5.31. The fourth-order valence-electron chi connectivity index (χ4n) is 2.90. The lowest BCUT2D eigenvalue weighted by atomic mass is 9.93. The number of fused-ring (bicyclic) bond motifs is 1. The van der Waals surface area contributed by atoms with Gasteiger partial charge in [-0.05, 0) is 57.1 Å². The number of nitrogens with zero attached hydrogens (tertiary/aromatic N) is 1. The number of aryl methyl sites for hydroxylation is 1. The Bertz CT molecular complexity index is 498. The van der Waals surface area contributed by atoms with E-state index in [-0.39, 0.29) is 11.6 Å². The van der Waals surface area contributed by atoms with Gasteiger partial charge in [-0.3, -0.25) is 4.79 Å². The summed E-state index contributed by atoms with van der Waals surface area (Å²) in [5, 5.41) is 0.